The molecule has 0 heterocycles. The third kappa shape index (κ3) is 4.95. The molecule has 1 N–H and O–H groups in total. The molecule has 1 nitrogen and oxygen atoms in total. The maximum absolute atomic E-state index is 10.8. The summed E-state index contributed by atoms with van der Waals surface area (Å²) in [4.78, 5) is 1.26. The first kappa shape index (κ1) is 21.1. The highest BCUT2D eigenvalue weighted by Gasteiger charge is 2.26. The Balaban J connectivity index is 2.27. The summed E-state index contributed by atoms with van der Waals surface area (Å²) in [5.41, 5.74) is 4.73. The monoisotopic (exact) mass is 384 g/mol. The van der Waals surface area contributed by atoms with Gasteiger partial charge in [-0.3, -0.25) is 0 Å². The van der Waals surface area contributed by atoms with E-state index in [0.717, 1.165) is 26.0 Å². The van der Waals surface area contributed by atoms with Crippen LogP contribution in [-0.4, -0.2) is 20.0 Å². The second-order valence-electron chi connectivity index (χ2n) is 9.08. The molecule has 0 saturated heterocycles. The Bertz CT molecular complexity index is 747. The zero-order valence-electron chi connectivity index (χ0n) is 17.4. The van der Waals surface area contributed by atoms with Crippen LogP contribution in [0.25, 0.3) is 0 Å². The van der Waals surface area contributed by atoms with E-state index in [1.54, 1.807) is 0 Å². The highest BCUT2D eigenvalue weighted by atomic mass is 32.2. The zero-order valence-corrected chi connectivity index (χ0v) is 19.3. The van der Waals surface area contributed by atoms with Crippen molar-refractivity contribution in [1.82, 2.24) is 0 Å². The Kier molecular flexibility index (Phi) is 6.35. The number of phenols is 1. The van der Waals surface area contributed by atoms with Crippen molar-refractivity contribution < 1.29 is 5.11 Å². The van der Waals surface area contributed by atoms with Crippen LogP contribution in [-0.2, 0) is 10.8 Å². The molecule has 0 unspecified atom stereocenters. The van der Waals surface area contributed by atoms with Crippen molar-refractivity contribution in [2.45, 2.75) is 71.1 Å². The fraction of sp³-hybridized carbons (Fsp3) is 0.478. The molecule has 26 heavy (non-hydrogen) atoms. The van der Waals surface area contributed by atoms with Crippen LogP contribution in [0.15, 0.2) is 35.2 Å². The van der Waals surface area contributed by atoms with Gasteiger partial charge in [0.05, 0.1) is 9.52 Å². The van der Waals surface area contributed by atoms with Crippen LogP contribution in [0.1, 0.15) is 63.8 Å². The molecule has 0 fully saturated rings. The van der Waals surface area contributed by atoms with Gasteiger partial charge in [-0.15, -0.1) is 11.8 Å². The summed E-state index contributed by atoms with van der Waals surface area (Å²) in [7, 11) is 0.790. The predicted octanol–water partition coefficient (Wildman–Crippen LogP) is 5.68. The Morgan fingerprint density at radius 2 is 1.46 bits per heavy atom. The second-order valence-corrected chi connectivity index (χ2v) is 11.9. The summed E-state index contributed by atoms with van der Waals surface area (Å²) >= 11 is 1.90. The number of hydrogen-bond donors (Lipinski definition) is 1. The average Bonchev–Trinajstić information content (AvgIpc) is 2.50. The molecule has 140 valence electrons. The molecule has 0 aromatic heterocycles. The molecule has 0 aliphatic heterocycles. The molecule has 0 aliphatic carbocycles. The van der Waals surface area contributed by atoms with Gasteiger partial charge in [0.1, 0.15) is 5.75 Å². The maximum Gasteiger partial charge on any atom is 0.123 e. The molecule has 0 amide bonds. The average molecular weight is 385 g/mol. The fourth-order valence-electron chi connectivity index (χ4n) is 2.97. The lowest BCUT2D eigenvalue weighted by Crippen LogP contribution is -2.20. The van der Waals surface area contributed by atoms with E-state index in [0.29, 0.717) is 5.75 Å². The fourth-order valence-corrected chi connectivity index (χ4v) is 5.63. The first-order chi connectivity index (χ1) is 11.9. The van der Waals surface area contributed by atoms with E-state index in [-0.39, 0.29) is 10.8 Å². The topological polar surface area (TPSA) is 20.2 Å². The third-order valence-corrected chi connectivity index (χ3v) is 7.45. The molecule has 2 radical (unpaired) electrons. The van der Waals surface area contributed by atoms with Crippen LogP contribution in [0.2, 0.25) is 0 Å². The quantitative estimate of drug-likeness (QED) is 0.540. The number of aryl methyl sites for hydroxylation is 1. The first-order valence-electron chi connectivity index (χ1n) is 9.22. The van der Waals surface area contributed by atoms with Crippen LogP contribution < -0.4 is 5.19 Å². The van der Waals surface area contributed by atoms with Gasteiger partial charge in [-0.25, -0.2) is 0 Å². The number of aromatic hydroxyl groups is 1. The minimum absolute atomic E-state index is 0.0733. The molecule has 0 spiro atoms. The van der Waals surface area contributed by atoms with E-state index in [1.807, 2.05) is 11.8 Å². The van der Waals surface area contributed by atoms with Crippen molar-refractivity contribution in [3.63, 3.8) is 0 Å². The van der Waals surface area contributed by atoms with Gasteiger partial charge in [0, 0.05) is 16.0 Å². The Labute approximate surface area is 166 Å². The van der Waals surface area contributed by atoms with E-state index >= 15 is 0 Å². The van der Waals surface area contributed by atoms with Crippen molar-refractivity contribution in [2.75, 3.05) is 5.38 Å². The zero-order chi connectivity index (χ0) is 19.7. The minimum atomic E-state index is -0.0733. The van der Waals surface area contributed by atoms with E-state index in [4.69, 9.17) is 0 Å². The second kappa shape index (κ2) is 7.81. The van der Waals surface area contributed by atoms with E-state index in [2.05, 4.69) is 85.7 Å². The molecule has 0 saturated carbocycles. The van der Waals surface area contributed by atoms with Crippen molar-refractivity contribution >= 4 is 26.5 Å². The SMILES string of the molecule is Cc1cccc([Si]CSc2cc(C(C)(C)C)c(O)c(C(C)(C)C)c2)c1C. The summed E-state index contributed by atoms with van der Waals surface area (Å²) in [6.45, 7) is 17.4. The van der Waals surface area contributed by atoms with Crippen LogP contribution in [0.4, 0.5) is 0 Å². The Morgan fingerprint density at radius 1 is 0.923 bits per heavy atom. The largest absolute Gasteiger partial charge is 0.507 e. The Hall–Kier alpha value is -1.19. The predicted molar refractivity (Wildman–Crippen MR) is 118 cm³/mol. The minimum Gasteiger partial charge on any atom is -0.507 e. The summed E-state index contributed by atoms with van der Waals surface area (Å²) in [5.74, 6) is 0.464. The highest BCUT2D eigenvalue weighted by molar-refractivity contribution is 8.00. The molecule has 2 rings (SSSR count). The summed E-state index contributed by atoms with van der Waals surface area (Å²) in [5, 5.41) is 13.4. The lowest BCUT2D eigenvalue weighted by atomic mass is 9.79. The lowest BCUT2D eigenvalue weighted by Gasteiger charge is -2.28. The normalized spacial score (nSPS) is 12.5. The van der Waals surface area contributed by atoms with Crippen LogP contribution >= 0.6 is 11.8 Å². The molecular weight excluding hydrogens is 352 g/mol. The van der Waals surface area contributed by atoms with Gasteiger partial charge in [0.15, 0.2) is 0 Å². The van der Waals surface area contributed by atoms with Gasteiger partial charge in [-0.1, -0.05) is 64.9 Å². The van der Waals surface area contributed by atoms with Gasteiger partial charge in [0.25, 0.3) is 0 Å². The number of thioether (sulfide) groups is 1. The smallest absolute Gasteiger partial charge is 0.123 e. The summed E-state index contributed by atoms with van der Waals surface area (Å²) in [6, 6.07) is 11.0. The van der Waals surface area contributed by atoms with Crippen LogP contribution in [0, 0.1) is 13.8 Å². The number of benzene rings is 2. The lowest BCUT2D eigenvalue weighted by molar-refractivity contribution is 0.422. The number of phenolic OH excluding ortho intramolecular Hbond substituents is 1. The van der Waals surface area contributed by atoms with Crippen molar-refractivity contribution in [2.24, 2.45) is 0 Å². The molecule has 0 bridgehead atoms. The molecule has 3 heteroatoms. The van der Waals surface area contributed by atoms with Gasteiger partial charge in [0.2, 0.25) is 0 Å². The Morgan fingerprint density at radius 3 is 1.96 bits per heavy atom. The van der Waals surface area contributed by atoms with Crippen LogP contribution in [0.5, 0.6) is 5.75 Å². The van der Waals surface area contributed by atoms with Crippen molar-refractivity contribution in [3.05, 3.63) is 52.6 Å². The number of hydrogen-bond acceptors (Lipinski definition) is 2. The molecule has 2 aromatic rings. The van der Waals surface area contributed by atoms with Gasteiger partial charge in [-0.2, -0.15) is 0 Å². The van der Waals surface area contributed by atoms with Gasteiger partial charge in [-0.05, 0) is 53.3 Å². The van der Waals surface area contributed by atoms with E-state index < -0.39 is 0 Å². The van der Waals surface area contributed by atoms with Crippen molar-refractivity contribution in [1.29, 1.82) is 0 Å². The molecule has 0 atom stereocenters. The van der Waals surface area contributed by atoms with Crippen molar-refractivity contribution in [3.8, 4) is 5.75 Å². The summed E-state index contributed by atoms with van der Waals surface area (Å²) in [6.07, 6.45) is 0. The number of rotatable bonds is 4. The van der Waals surface area contributed by atoms with Crippen LogP contribution in [0.3, 0.4) is 0 Å². The van der Waals surface area contributed by atoms with E-state index in [1.165, 1.54) is 21.2 Å². The maximum atomic E-state index is 10.8. The third-order valence-electron chi connectivity index (χ3n) is 4.81. The van der Waals surface area contributed by atoms with Gasteiger partial charge < -0.3 is 5.11 Å². The molecule has 2 aromatic carbocycles. The standard InChI is InChI=1S/C23H32OSSi/c1-15-10-9-11-20(16(15)2)26-14-25-17-12-18(22(3,4)5)21(24)19(13-17)23(6,7)8/h9-13,24H,14H2,1-8H3. The van der Waals surface area contributed by atoms with E-state index in [9.17, 15) is 5.11 Å². The molecule has 0 aliphatic rings. The molecular formula is C23H32OSSi. The summed E-state index contributed by atoms with van der Waals surface area (Å²) < 4.78 is 0. The first-order valence-corrected chi connectivity index (χ1v) is 11.4. The highest BCUT2D eigenvalue weighted by Crippen LogP contribution is 2.41. The van der Waals surface area contributed by atoms with Gasteiger partial charge >= 0.3 is 0 Å².